The first kappa shape index (κ1) is 11.3. The predicted molar refractivity (Wildman–Crippen MR) is 74.6 cm³/mol. The van der Waals surface area contributed by atoms with E-state index in [0.717, 1.165) is 11.3 Å². The quantitative estimate of drug-likeness (QED) is 0.749. The number of fused-ring (bicyclic) bond motifs is 1. The number of hydrogen-bond donors (Lipinski definition) is 2. The van der Waals surface area contributed by atoms with Gasteiger partial charge in [0.05, 0.1) is 0 Å². The van der Waals surface area contributed by atoms with Gasteiger partial charge in [-0.05, 0) is 30.9 Å². The summed E-state index contributed by atoms with van der Waals surface area (Å²) >= 11 is 4.53. The van der Waals surface area contributed by atoms with Crippen molar-refractivity contribution in [1.29, 1.82) is 0 Å². The first-order valence-corrected chi connectivity index (χ1v) is 6.14. The van der Waals surface area contributed by atoms with Gasteiger partial charge < -0.3 is 5.32 Å². The average molecular weight is 231 g/mol. The second-order valence-corrected chi connectivity index (χ2v) is 4.62. The average Bonchev–Trinajstić information content (AvgIpc) is 2.29. The molecular formula is C14H17NS. The number of benzene rings is 2. The van der Waals surface area contributed by atoms with Gasteiger partial charge in [-0.25, -0.2) is 0 Å². The molecule has 0 aliphatic heterocycles. The zero-order valence-corrected chi connectivity index (χ0v) is 10.6. The maximum atomic E-state index is 4.53. The lowest BCUT2D eigenvalue weighted by Gasteiger charge is -2.16. The lowest BCUT2D eigenvalue weighted by Crippen LogP contribution is -2.13. The summed E-state index contributed by atoms with van der Waals surface area (Å²) in [6.45, 7) is 4.38. The third kappa shape index (κ3) is 2.17. The SMILES string of the molecule is CC[C@@H](C)Nc1cccc2cccc(S)c12. The largest absolute Gasteiger partial charge is 0.382 e. The Morgan fingerprint density at radius 3 is 2.56 bits per heavy atom. The van der Waals surface area contributed by atoms with Crippen LogP contribution in [0.2, 0.25) is 0 Å². The van der Waals surface area contributed by atoms with Crippen molar-refractivity contribution in [1.82, 2.24) is 0 Å². The van der Waals surface area contributed by atoms with Gasteiger partial charge in [0.2, 0.25) is 0 Å². The molecule has 16 heavy (non-hydrogen) atoms. The first-order chi connectivity index (χ1) is 7.72. The fourth-order valence-corrected chi connectivity index (χ4v) is 2.14. The van der Waals surface area contributed by atoms with Crippen LogP contribution in [-0.4, -0.2) is 6.04 Å². The first-order valence-electron chi connectivity index (χ1n) is 5.69. The molecule has 2 aromatic rings. The highest BCUT2D eigenvalue weighted by Gasteiger charge is 2.05. The second-order valence-electron chi connectivity index (χ2n) is 4.13. The Morgan fingerprint density at radius 1 is 1.19 bits per heavy atom. The van der Waals surface area contributed by atoms with Crippen LogP contribution in [0.5, 0.6) is 0 Å². The van der Waals surface area contributed by atoms with E-state index in [4.69, 9.17) is 0 Å². The van der Waals surface area contributed by atoms with Crippen molar-refractivity contribution in [2.45, 2.75) is 31.2 Å². The minimum absolute atomic E-state index is 0.485. The van der Waals surface area contributed by atoms with E-state index >= 15 is 0 Å². The van der Waals surface area contributed by atoms with E-state index < -0.39 is 0 Å². The minimum Gasteiger partial charge on any atom is -0.382 e. The number of rotatable bonds is 3. The van der Waals surface area contributed by atoms with Crippen LogP contribution in [0.1, 0.15) is 20.3 Å². The smallest absolute Gasteiger partial charge is 0.0433 e. The van der Waals surface area contributed by atoms with Gasteiger partial charge in [-0.1, -0.05) is 31.2 Å². The van der Waals surface area contributed by atoms with Gasteiger partial charge in [0.1, 0.15) is 0 Å². The molecule has 0 bridgehead atoms. The predicted octanol–water partition coefficient (Wildman–Crippen LogP) is 4.34. The molecule has 0 aromatic heterocycles. The molecule has 0 amide bonds. The molecule has 1 atom stereocenters. The molecule has 2 rings (SSSR count). The van der Waals surface area contributed by atoms with Crippen LogP contribution < -0.4 is 5.32 Å². The summed E-state index contributed by atoms with van der Waals surface area (Å²) in [5, 5.41) is 5.98. The van der Waals surface area contributed by atoms with Crippen LogP contribution in [0.4, 0.5) is 5.69 Å². The van der Waals surface area contributed by atoms with E-state index in [-0.39, 0.29) is 0 Å². The van der Waals surface area contributed by atoms with E-state index in [1.807, 2.05) is 12.1 Å². The van der Waals surface area contributed by atoms with Crippen molar-refractivity contribution >= 4 is 29.1 Å². The van der Waals surface area contributed by atoms with Crippen LogP contribution in [0.15, 0.2) is 41.3 Å². The Hall–Kier alpha value is -1.15. The molecular weight excluding hydrogens is 214 g/mol. The molecule has 1 nitrogen and oxygen atoms in total. The Bertz CT molecular complexity index is 488. The van der Waals surface area contributed by atoms with E-state index in [2.05, 4.69) is 56.1 Å². The van der Waals surface area contributed by atoms with Crippen molar-refractivity contribution in [3.63, 3.8) is 0 Å². The second kappa shape index (κ2) is 4.79. The van der Waals surface area contributed by atoms with Crippen LogP contribution >= 0.6 is 12.6 Å². The number of anilines is 1. The Labute approximate surface area is 102 Å². The topological polar surface area (TPSA) is 12.0 Å². The standard InChI is InChI=1S/C14H17NS/c1-3-10(2)15-12-8-4-6-11-7-5-9-13(16)14(11)12/h4-10,15-16H,3H2,1-2H3/t10-/m1/s1. The molecule has 1 N–H and O–H groups in total. The molecule has 0 aliphatic rings. The van der Waals surface area contributed by atoms with Crippen molar-refractivity contribution in [3.8, 4) is 0 Å². The Balaban J connectivity index is 2.52. The molecule has 0 heterocycles. The number of nitrogens with one attached hydrogen (secondary N) is 1. The molecule has 0 saturated heterocycles. The summed E-state index contributed by atoms with van der Waals surface area (Å²) in [5.41, 5.74) is 1.18. The lowest BCUT2D eigenvalue weighted by molar-refractivity contribution is 0.765. The fraction of sp³-hybridized carbons (Fsp3) is 0.286. The zero-order valence-electron chi connectivity index (χ0n) is 9.70. The third-order valence-corrected chi connectivity index (χ3v) is 3.27. The fourth-order valence-electron chi connectivity index (χ4n) is 1.81. The van der Waals surface area contributed by atoms with Crippen molar-refractivity contribution in [2.24, 2.45) is 0 Å². The molecule has 0 aliphatic carbocycles. The normalized spacial score (nSPS) is 12.7. The molecule has 2 heteroatoms. The van der Waals surface area contributed by atoms with Crippen LogP contribution in [0.25, 0.3) is 10.8 Å². The Morgan fingerprint density at radius 2 is 1.88 bits per heavy atom. The molecule has 0 fully saturated rings. The minimum atomic E-state index is 0.485. The summed E-state index contributed by atoms with van der Waals surface area (Å²) < 4.78 is 0. The zero-order chi connectivity index (χ0) is 11.5. The number of thiol groups is 1. The van der Waals surface area contributed by atoms with Gasteiger partial charge in [0, 0.05) is 22.0 Å². The molecule has 0 unspecified atom stereocenters. The van der Waals surface area contributed by atoms with E-state index in [1.165, 1.54) is 16.5 Å². The van der Waals surface area contributed by atoms with Crippen molar-refractivity contribution < 1.29 is 0 Å². The maximum Gasteiger partial charge on any atom is 0.0433 e. The van der Waals surface area contributed by atoms with Crippen LogP contribution in [0, 0.1) is 0 Å². The van der Waals surface area contributed by atoms with Gasteiger partial charge >= 0.3 is 0 Å². The molecule has 0 saturated carbocycles. The summed E-state index contributed by atoms with van der Waals surface area (Å²) in [7, 11) is 0. The van der Waals surface area contributed by atoms with Crippen LogP contribution in [0.3, 0.4) is 0 Å². The summed E-state index contributed by atoms with van der Waals surface area (Å²) in [6.07, 6.45) is 1.12. The van der Waals surface area contributed by atoms with E-state index in [9.17, 15) is 0 Å². The van der Waals surface area contributed by atoms with Crippen LogP contribution in [-0.2, 0) is 0 Å². The van der Waals surface area contributed by atoms with Crippen molar-refractivity contribution in [2.75, 3.05) is 5.32 Å². The maximum absolute atomic E-state index is 4.53. The van der Waals surface area contributed by atoms with Gasteiger partial charge in [0.25, 0.3) is 0 Å². The molecule has 2 aromatic carbocycles. The highest BCUT2D eigenvalue weighted by Crippen LogP contribution is 2.29. The molecule has 84 valence electrons. The summed E-state index contributed by atoms with van der Waals surface area (Å²) in [5.74, 6) is 0. The van der Waals surface area contributed by atoms with E-state index in [1.54, 1.807) is 0 Å². The van der Waals surface area contributed by atoms with Crippen molar-refractivity contribution in [3.05, 3.63) is 36.4 Å². The van der Waals surface area contributed by atoms with Gasteiger partial charge in [-0.3, -0.25) is 0 Å². The van der Waals surface area contributed by atoms with Gasteiger partial charge in [-0.2, -0.15) is 0 Å². The summed E-state index contributed by atoms with van der Waals surface area (Å²) in [4.78, 5) is 1.03. The highest BCUT2D eigenvalue weighted by molar-refractivity contribution is 7.80. The summed E-state index contributed by atoms with van der Waals surface area (Å²) in [6, 6.07) is 13.0. The number of hydrogen-bond acceptors (Lipinski definition) is 2. The molecule has 0 spiro atoms. The van der Waals surface area contributed by atoms with Gasteiger partial charge in [-0.15, -0.1) is 12.6 Å². The van der Waals surface area contributed by atoms with Gasteiger partial charge in [0.15, 0.2) is 0 Å². The third-order valence-electron chi connectivity index (χ3n) is 2.90. The highest BCUT2D eigenvalue weighted by atomic mass is 32.1. The van der Waals surface area contributed by atoms with E-state index in [0.29, 0.717) is 6.04 Å². The lowest BCUT2D eigenvalue weighted by atomic mass is 10.1. The monoisotopic (exact) mass is 231 g/mol. The molecule has 0 radical (unpaired) electrons. The Kier molecular flexibility index (Phi) is 3.39.